The number of fused-ring (bicyclic) bond motifs is 1. The van der Waals surface area contributed by atoms with Gasteiger partial charge in [-0.2, -0.15) is 0 Å². The minimum absolute atomic E-state index is 0.0360. The van der Waals surface area contributed by atoms with Crippen LogP contribution in [0.25, 0.3) is 6.08 Å². The van der Waals surface area contributed by atoms with Crippen LogP contribution >= 0.6 is 23.5 Å². The molecule has 0 saturated carbocycles. The number of benzene rings is 1. The summed E-state index contributed by atoms with van der Waals surface area (Å²) in [5.74, 6) is 2.05. The molecular weight excluding hydrogens is 408 g/mol. The lowest BCUT2D eigenvalue weighted by Gasteiger charge is -2.31. The molecule has 0 aromatic heterocycles. The number of hydrogen-bond donors (Lipinski definition) is 1. The summed E-state index contributed by atoms with van der Waals surface area (Å²) in [7, 11) is 3.17. The summed E-state index contributed by atoms with van der Waals surface area (Å²) in [5.41, 5.74) is 3.59. The van der Waals surface area contributed by atoms with Gasteiger partial charge in [-0.3, -0.25) is 14.9 Å². The van der Waals surface area contributed by atoms with Crippen LogP contribution in [0.5, 0.6) is 0 Å². The number of thioether (sulfide) groups is 2. The van der Waals surface area contributed by atoms with Crippen LogP contribution in [0.3, 0.4) is 0 Å². The Labute approximate surface area is 179 Å². The Morgan fingerprint density at radius 2 is 2.07 bits per heavy atom. The van der Waals surface area contributed by atoms with Crippen molar-refractivity contribution in [3.8, 4) is 0 Å². The number of nitrogens with one attached hydrogen (secondary N) is 1. The van der Waals surface area contributed by atoms with Gasteiger partial charge >= 0.3 is 0 Å². The standard InChI is InChI=1S/C21H26N2O4S2/c1-26-21(27-2)16-10-28-12-23(16)20(25)18-19(29-11-22-18)17(24)9-13-7-14-5-3-4-6-15(14)8-13/h3-7,16,18-19,21-22H,8-12H2,1-2H3/t16-,18-,19?/m0/s1. The molecule has 0 spiro atoms. The van der Waals surface area contributed by atoms with Crippen molar-refractivity contribution in [3.05, 3.63) is 41.0 Å². The zero-order valence-electron chi connectivity index (χ0n) is 16.6. The predicted molar refractivity (Wildman–Crippen MR) is 117 cm³/mol. The van der Waals surface area contributed by atoms with Gasteiger partial charge in [-0.15, -0.1) is 23.5 Å². The molecule has 0 radical (unpaired) electrons. The highest BCUT2D eigenvalue weighted by Crippen LogP contribution is 2.32. The number of amides is 1. The molecule has 0 bridgehead atoms. The third kappa shape index (κ3) is 4.27. The first-order chi connectivity index (χ1) is 14.1. The quantitative estimate of drug-likeness (QED) is 0.660. The van der Waals surface area contributed by atoms with Crippen LogP contribution in [0.15, 0.2) is 29.8 Å². The third-order valence-electron chi connectivity index (χ3n) is 5.67. The molecule has 4 rings (SSSR count). The second-order valence-electron chi connectivity index (χ2n) is 7.45. The molecule has 1 aliphatic carbocycles. The van der Waals surface area contributed by atoms with E-state index in [1.165, 1.54) is 22.9 Å². The van der Waals surface area contributed by atoms with E-state index in [1.54, 1.807) is 30.9 Å². The molecule has 8 heteroatoms. The second kappa shape index (κ2) is 9.22. The van der Waals surface area contributed by atoms with Gasteiger partial charge in [-0.25, -0.2) is 0 Å². The Hall–Kier alpha value is -1.32. The average Bonchev–Trinajstić information content (AvgIpc) is 3.47. The first-order valence-electron chi connectivity index (χ1n) is 9.71. The van der Waals surface area contributed by atoms with E-state index in [9.17, 15) is 9.59 Å². The molecule has 1 aromatic rings. The fourth-order valence-corrected chi connectivity index (χ4v) is 6.54. The number of ether oxygens (including phenoxy) is 2. The molecule has 1 unspecified atom stereocenters. The molecule has 1 aromatic carbocycles. The Kier molecular flexibility index (Phi) is 6.66. The van der Waals surface area contributed by atoms with E-state index in [-0.39, 0.29) is 23.0 Å². The summed E-state index contributed by atoms with van der Waals surface area (Å²) in [6.45, 7) is 0. The summed E-state index contributed by atoms with van der Waals surface area (Å²) < 4.78 is 10.8. The maximum Gasteiger partial charge on any atom is 0.242 e. The van der Waals surface area contributed by atoms with Gasteiger partial charge in [-0.1, -0.05) is 35.9 Å². The van der Waals surface area contributed by atoms with Crippen molar-refractivity contribution < 1.29 is 19.1 Å². The van der Waals surface area contributed by atoms with Gasteiger partial charge < -0.3 is 14.4 Å². The van der Waals surface area contributed by atoms with Crippen molar-refractivity contribution in [2.45, 2.75) is 36.5 Å². The predicted octanol–water partition coefficient (Wildman–Crippen LogP) is 2.14. The summed E-state index contributed by atoms with van der Waals surface area (Å²) in [4.78, 5) is 28.2. The Morgan fingerprint density at radius 3 is 2.83 bits per heavy atom. The lowest BCUT2D eigenvalue weighted by Crippen LogP contribution is -2.54. The Morgan fingerprint density at radius 1 is 1.28 bits per heavy atom. The topological polar surface area (TPSA) is 67.9 Å². The van der Waals surface area contributed by atoms with Crippen molar-refractivity contribution in [2.24, 2.45) is 0 Å². The fraction of sp³-hybridized carbons (Fsp3) is 0.524. The smallest absolute Gasteiger partial charge is 0.242 e. The van der Waals surface area contributed by atoms with E-state index < -0.39 is 12.3 Å². The molecule has 6 nitrogen and oxygen atoms in total. The van der Waals surface area contributed by atoms with E-state index in [0.717, 1.165) is 17.7 Å². The van der Waals surface area contributed by atoms with Crippen LogP contribution in [0.1, 0.15) is 17.5 Å². The molecular formula is C21H26N2O4S2. The first-order valence-corrected chi connectivity index (χ1v) is 11.9. The lowest BCUT2D eigenvalue weighted by molar-refractivity contribution is -0.157. The Balaban J connectivity index is 1.42. The van der Waals surface area contributed by atoms with Crippen LogP contribution in [0, 0.1) is 0 Å². The van der Waals surface area contributed by atoms with E-state index in [1.807, 2.05) is 12.1 Å². The van der Waals surface area contributed by atoms with Gasteiger partial charge in [0.1, 0.15) is 6.04 Å². The van der Waals surface area contributed by atoms with Crippen molar-refractivity contribution in [1.29, 1.82) is 0 Å². The molecule has 1 N–H and O–H groups in total. The maximum absolute atomic E-state index is 13.3. The van der Waals surface area contributed by atoms with E-state index in [4.69, 9.17) is 9.47 Å². The van der Waals surface area contributed by atoms with Crippen LogP contribution in [-0.4, -0.2) is 71.9 Å². The number of carbonyl (C=O) groups excluding carboxylic acids is 2. The first kappa shape index (κ1) is 20.9. The highest BCUT2D eigenvalue weighted by atomic mass is 32.2. The zero-order chi connectivity index (χ0) is 20.4. The number of hydrogen-bond acceptors (Lipinski definition) is 7. The molecule has 3 aliphatic rings. The molecule has 29 heavy (non-hydrogen) atoms. The van der Waals surface area contributed by atoms with Crippen LogP contribution in [0.4, 0.5) is 0 Å². The molecule has 2 aliphatic heterocycles. The largest absolute Gasteiger partial charge is 0.354 e. The number of carbonyl (C=O) groups is 2. The normalized spacial score (nSPS) is 26.1. The number of nitrogens with zero attached hydrogens (tertiary/aromatic N) is 1. The summed E-state index contributed by atoms with van der Waals surface area (Å²) in [6.07, 6.45) is 2.87. The van der Waals surface area contributed by atoms with Gasteiger partial charge in [0, 0.05) is 32.3 Å². The van der Waals surface area contributed by atoms with Crippen LogP contribution < -0.4 is 5.32 Å². The molecule has 3 atom stereocenters. The van der Waals surface area contributed by atoms with Crippen molar-refractivity contribution in [2.75, 3.05) is 31.7 Å². The summed E-state index contributed by atoms with van der Waals surface area (Å²) in [6, 6.07) is 7.60. The van der Waals surface area contributed by atoms with Crippen molar-refractivity contribution >= 4 is 41.3 Å². The van der Waals surface area contributed by atoms with Crippen LogP contribution in [0.2, 0.25) is 0 Å². The number of rotatable bonds is 7. The van der Waals surface area contributed by atoms with Gasteiger partial charge in [0.15, 0.2) is 12.1 Å². The fourth-order valence-electron chi connectivity index (χ4n) is 4.22. The third-order valence-corrected chi connectivity index (χ3v) is 7.93. The van der Waals surface area contributed by atoms with E-state index in [2.05, 4.69) is 23.5 Å². The highest BCUT2D eigenvalue weighted by molar-refractivity contribution is 8.01. The number of allylic oxidation sites excluding steroid dienone is 1. The highest BCUT2D eigenvalue weighted by Gasteiger charge is 2.44. The zero-order valence-corrected chi connectivity index (χ0v) is 18.3. The molecule has 156 valence electrons. The van der Waals surface area contributed by atoms with Crippen LogP contribution in [-0.2, 0) is 25.5 Å². The molecule has 1 amide bonds. The number of Topliss-reactive ketones (excluding diaryl/α,β-unsaturated/α-hetero) is 1. The average molecular weight is 435 g/mol. The van der Waals surface area contributed by atoms with Gasteiger partial charge in [0.2, 0.25) is 5.91 Å². The number of ketones is 1. The molecule has 2 saturated heterocycles. The number of methoxy groups -OCH3 is 2. The lowest BCUT2D eigenvalue weighted by atomic mass is 10.0. The van der Waals surface area contributed by atoms with E-state index >= 15 is 0 Å². The monoisotopic (exact) mass is 434 g/mol. The molecule has 2 fully saturated rings. The molecule has 2 heterocycles. The summed E-state index contributed by atoms with van der Waals surface area (Å²) >= 11 is 3.21. The minimum atomic E-state index is -0.493. The summed E-state index contributed by atoms with van der Waals surface area (Å²) in [5, 5.41) is 2.88. The van der Waals surface area contributed by atoms with Crippen molar-refractivity contribution in [1.82, 2.24) is 10.2 Å². The second-order valence-corrected chi connectivity index (χ2v) is 9.58. The maximum atomic E-state index is 13.3. The SMILES string of the molecule is COC(OC)[C@@H]1CSCN1C(=O)[C@H]1NCSC1C(=O)CC1=Cc2ccccc2C1. The van der Waals surface area contributed by atoms with E-state index in [0.29, 0.717) is 18.2 Å². The Bertz CT molecular complexity index is 812. The minimum Gasteiger partial charge on any atom is -0.354 e. The van der Waals surface area contributed by atoms with Crippen molar-refractivity contribution in [3.63, 3.8) is 0 Å². The van der Waals surface area contributed by atoms with Gasteiger partial charge in [0.05, 0.1) is 17.2 Å². The van der Waals surface area contributed by atoms with Gasteiger partial charge in [-0.05, 0) is 17.5 Å². The van der Waals surface area contributed by atoms with Gasteiger partial charge in [0.25, 0.3) is 0 Å².